The van der Waals surface area contributed by atoms with Gasteiger partial charge >= 0.3 is 0 Å². The molecule has 19 heavy (non-hydrogen) atoms. The number of benzene rings is 1. The van der Waals surface area contributed by atoms with Crippen LogP contribution in [-0.2, 0) is 0 Å². The molecule has 0 aliphatic carbocycles. The highest BCUT2D eigenvalue weighted by molar-refractivity contribution is 7.98. The van der Waals surface area contributed by atoms with Gasteiger partial charge in [-0.25, -0.2) is 8.78 Å². The van der Waals surface area contributed by atoms with Crippen molar-refractivity contribution in [2.75, 3.05) is 25.1 Å². The molecule has 2 atom stereocenters. The van der Waals surface area contributed by atoms with Gasteiger partial charge in [-0.3, -0.25) is 0 Å². The second-order valence-corrected chi connectivity index (χ2v) is 5.61. The van der Waals surface area contributed by atoms with E-state index in [2.05, 4.69) is 5.32 Å². The maximum absolute atomic E-state index is 13.4. The Morgan fingerprint density at radius 3 is 2.68 bits per heavy atom. The standard InChI is InChI=1S/C13H19F2NO2S/c1-13(18,8-19-2)7-16-6-12(17)10-4-3-9(14)5-11(10)15/h3-5,12,16-18H,6-8H2,1-2H3. The second kappa shape index (κ2) is 7.19. The van der Waals surface area contributed by atoms with Crippen molar-refractivity contribution in [3.05, 3.63) is 35.4 Å². The van der Waals surface area contributed by atoms with E-state index in [9.17, 15) is 19.0 Å². The quantitative estimate of drug-likeness (QED) is 0.716. The largest absolute Gasteiger partial charge is 0.388 e. The molecule has 1 aromatic carbocycles. The normalized spacial score (nSPS) is 16.1. The van der Waals surface area contributed by atoms with Gasteiger partial charge in [0.25, 0.3) is 0 Å². The van der Waals surface area contributed by atoms with Gasteiger partial charge in [0.1, 0.15) is 11.6 Å². The summed E-state index contributed by atoms with van der Waals surface area (Å²) in [6.45, 7) is 2.06. The minimum absolute atomic E-state index is 0.0402. The van der Waals surface area contributed by atoms with Gasteiger partial charge < -0.3 is 15.5 Å². The fraction of sp³-hybridized carbons (Fsp3) is 0.538. The molecule has 0 spiro atoms. The summed E-state index contributed by atoms with van der Waals surface area (Å²) in [6, 6.07) is 3.06. The summed E-state index contributed by atoms with van der Waals surface area (Å²) in [6.07, 6.45) is 0.808. The van der Waals surface area contributed by atoms with E-state index in [-0.39, 0.29) is 18.7 Å². The number of aliphatic hydroxyl groups is 2. The van der Waals surface area contributed by atoms with Gasteiger partial charge in [-0.05, 0) is 19.2 Å². The molecule has 1 aromatic rings. The summed E-state index contributed by atoms with van der Waals surface area (Å²) < 4.78 is 26.1. The molecule has 0 radical (unpaired) electrons. The Hall–Kier alpha value is -0.690. The van der Waals surface area contributed by atoms with Crippen LogP contribution in [0.2, 0.25) is 0 Å². The lowest BCUT2D eigenvalue weighted by atomic mass is 10.1. The Kier molecular flexibility index (Phi) is 6.19. The lowest BCUT2D eigenvalue weighted by molar-refractivity contribution is 0.0783. The molecule has 0 amide bonds. The van der Waals surface area contributed by atoms with Crippen LogP contribution in [0.4, 0.5) is 8.78 Å². The van der Waals surface area contributed by atoms with Crippen LogP contribution in [0.5, 0.6) is 0 Å². The lowest BCUT2D eigenvalue weighted by Crippen LogP contribution is -2.41. The fourth-order valence-electron chi connectivity index (χ4n) is 1.72. The van der Waals surface area contributed by atoms with Crippen molar-refractivity contribution in [3.8, 4) is 0 Å². The smallest absolute Gasteiger partial charge is 0.131 e. The molecule has 0 aliphatic rings. The highest BCUT2D eigenvalue weighted by atomic mass is 32.2. The number of thioether (sulfide) groups is 1. The number of halogens is 2. The van der Waals surface area contributed by atoms with E-state index in [1.807, 2.05) is 6.26 Å². The molecule has 0 fully saturated rings. The van der Waals surface area contributed by atoms with E-state index >= 15 is 0 Å². The van der Waals surface area contributed by atoms with Crippen molar-refractivity contribution in [1.29, 1.82) is 0 Å². The molecule has 108 valence electrons. The number of rotatable bonds is 7. The van der Waals surface area contributed by atoms with E-state index in [1.165, 1.54) is 17.8 Å². The maximum Gasteiger partial charge on any atom is 0.131 e. The molecular formula is C13H19F2NO2S. The van der Waals surface area contributed by atoms with E-state index < -0.39 is 23.3 Å². The average Bonchev–Trinajstić information content (AvgIpc) is 2.28. The molecule has 3 nitrogen and oxygen atoms in total. The zero-order valence-corrected chi connectivity index (χ0v) is 11.8. The molecule has 0 aliphatic heterocycles. The molecule has 0 heterocycles. The van der Waals surface area contributed by atoms with Crippen LogP contribution >= 0.6 is 11.8 Å². The molecular weight excluding hydrogens is 272 g/mol. The maximum atomic E-state index is 13.4. The third kappa shape index (κ3) is 5.44. The second-order valence-electron chi connectivity index (χ2n) is 4.74. The van der Waals surface area contributed by atoms with Gasteiger partial charge in [0.15, 0.2) is 0 Å². The Morgan fingerprint density at radius 2 is 2.11 bits per heavy atom. The van der Waals surface area contributed by atoms with Crippen LogP contribution < -0.4 is 5.32 Å². The monoisotopic (exact) mass is 291 g/mol. The lowest BCUT2D eigenvalue weighted by Gasteiger charge is -2.23. The first-order valence-corrected chi connectivity index (χ1v) is 7.30. The van der Waals surface area contributed by atoms with E-state index in [0.29, 0.717) is 5.75 Å². The van der Waals surface area contributed by atoms with Crippen LogP contribution in [0.25, 0.3) is 0 Å². The van der Waals surface area contributed by atoms with Crippen molar-refractivity contribution in [2.24, 2.45) is 0 Å². The van der Waals surface area contributed by atoms with Gasteiger partial charge in [-0.15, -0.1) is 0 Å². The highest BCUT2D eigenvalue weighted by Crippen LogP contribution is 2.17. The first-order chi connectivity index (χ1) is 8.85. The summed E-state index contributed by atoms with van der Waals surface area (Å²) in [4.78, 5) is 0. The molecule has 3 N–H and O–H groups in total. The van der Waals surface area contributed by atoms with E-state index in [4.69, 9.17) is 0 Å². The number of aliphatic hydroxyl groups excluding tert-OH is 1. The third-order valence-electron chi connectivity index (χ3n) is 2.62. The first-order valence-electron chi connectivity index (χ1n) is 5.91. The summed E-state index contributed by atoms with van der Waals surface area (Å²) in [5.74, 6) is -0.893. The van der Waals surface area contributed by atoms with Crippen molar-refractivity contribution < 1.29 is 19.0 Å². The fourth-order valence-corrected chi connectivity index (χ4v) is 2.45. The summed E-state index contributed by atoms with van der Waals surface area (Å²) in [5, 5.41) is 22.6. The van der Waals surface area contributed by atoms with Gasteiger partial charge in [0.05, 0.1) is 11.7 Å². The van der Waals surface area contributed by atoms with Crippen LogP contribution in [0.1, 0.15) is 18.6 Å². The van der Waals surface area contributed by atoms with E-state index in [0.717, 1.165) is 12.1 Å². The molecule has 0 bridgehead atoms. The molecule has 2 unspecified atom stereocenters. The molecule has 0 aromatic heterocycles. The molecule has 6 heteroatoms. The van der Waals surface area contributed by atoms with Crippen molar-refractivity contribution in [1.82, 2.24) is 5.32 Å². The van der Waals surface area contributed by atoms with Crippen LogP contribution in [0, 0.1) is 11.6 Å². The predicted molar refractivity (Wildman–Crippen MR) is 73.2 cm³/mol. The van der Waals surface area contributed by atoms with Crippen LogP contribution in [-0.4, -0.2) is 40.9 Å². The minimum atomic E-state index is -1.08. The summed E-state index contributed by atoms with van der Waals surface area (Å²) >= 11 is 1.51. The Morgan fingerprint density at radius 1 is 1.42 bits per heavy atom. The summed E-state index contributed by atoms with van der Waals surface area (Å²) in [7, 11) is 0. The topological polar surface area (TPSA) is 52.5 Å². The van der Waals surface area contributed by atoms with Crippen molar-refractivity contribution in [2.45, 2.75) is 18.6 Å². The Bertz CT molecular complexity index is 416. The van der Waals surface area contributed by atoms with Crippen molar-refractivity contribution in [3.63, 3.8) is 0 Å². The zero-order chi connectivity index (χ0) is 14.5. The number of nitrogens with one attached hydrogen (secondary N) is 1. The Balaban J connectivity index is 2.49. The minimum Gasteiger partial charge on any atom is -0.388 e. The van der Waals surface area contributed by atoms with Gasteiger partial charge in [0, 0.05) is 30.5 Å². The van der Waals surface area contributed by atoms with Gasteiger partial charge in [0.2, 0.25) is 0 Å². The summed E-state index contributed by atoms with van der Waals surface area (Å²) in [5.41, 5.74) is -0.848. The number of hydrogen-bond acceptors (Lipinski definition) is 4. The van der Waals surface area contributed by atoms with Gasteiger partial charge in [-0.1, -0.05) is 6.07 Å². The SMILES string of the molecule is CSCC(C)(O)CNCC(O)c1ccc(F)cc1F. The first kappa shape index (κ1) is 16.4. The van der Waals surface area contributed by atoms with Gasteiger partial charge in [-0.2, -0.15) is 11.8 Å². The van der Waals surface area contributed by atoms with E-state index in [1.54, 1.807) is 6.92 Å². The predicted octanol–water partition coefficient (Wildman–Crippen LogP) is 1.70. The Labute approximate surface area is 116 Å². The zero-order valence-electron chi connectivity index (χ0n) is 11.0. The molecule has 0 saturated carbocycles. The number of hydrogen-bond donors (Lipinski definition) is 3. The van der Waals surface area contributed by atoms with Crippen LogP contribution in [0.3, 0.4) is 0 Å². The highest BCUT2D eigenvalue weighted by Gasteiger charge is 2.20. The molecule has 1 rings (SSSR count). The van der Waals surface area contributed by atoms with Crippen LogP contribution in [0.15, 0.2) is 18.2 Å². The molecule has 0 saturated heterocycles. The van der Waals surface area contributed by atoms with Crippen molar-refractivity contribution >= 4 is 11.8 Å². The average molecular weight is 291 g/mol. The third-order valence-corrected chi connectivity index (χ3v) is 3.53.